The third-order valence-corrected chi connectivity index (χ3v) is 4.00. The fourth-order valence-corrected chi connectivity index (χ4v) is 2.33. The van der Waals surface area contributed by atoms with Crippen LogP contribution in [-0.2, 0) is 4.74 Å². The fraction of sp³-hybridized carbons (Fsp3) is 0.591. The summed E-state index contributed by atoms with van der Waals surface area (Å²) in [5.74, 6) is 0.881. The lowest BCUT2D eigenvalue weighted by molar-refractivity contribution is 0.0495. The standard InChI is InChI=1S/C22H34O4/c1-6-9-12-24-20-16-21(25-13-10-7-2)19(15-18(20)17(4)5)22(23)26-14-11-8-3/h15-16H,4,6-14H2,1-3,5H3. The van der Waals surface area contributed by atoms with Crippen molar-refractivity contribution in [1.29, 1.82) is 0 Å². The SMILES string of the molecule is C=C(C)c1cc(C(=O)OCCCC)c(OCCCC)cc1OCCCC. The first-order valence-electron chi connectivity index (χ1n) is 9.81. The topological polar surface area (TPSA) is 44.8 Å². The maximum absolute atomic E-state index is 12.5. The molecule has 4 heteroatoms. The second kappa shape index (κ2) is 12.4. The largest absolute Gasteiger partial charge is 0.493 e. The predicted molar refractivity (Wildman–Crippen MR) is 107 cm³/mol. The van der Waals surface area contributed by atoms with Crippen LogP contribution in [-0.4, -0.2) is 25.8 Å². The van der Waals surface area contributed by atoms with Gasteiger partial charge in [0, 0.05) is 11.6 Å². The van der Waals surface area contributed by atoms with Crippen molar-refractivity contribution in [3.8, 4) is 11.5 Å². The van der Waals surface area contributed by atoms with Crippen molar-refractivity contribution >= 4 is 11.5 Å². The van der Waals surface area contributed by atoms with Crippen molar-refractivity contribution in [1.82, 2.24) is 0 Å². The molecule has 0 radical (unpaired) electrons. The van der Waals surface area contributed by atoms with E-state index < -0.39 is 0 Å². The number of hydrogen-bond donors (Lipinski definition) is 0. The van der Waals surface area contributed by atoms with Crippen molar-refractivity contribution in [2.24, 2.45) is 0 Å². The van der Waals surface area contributed by atoms with Crippen LogP contribution in [0.4, 0.5) is 0 Å². The van der Waals surface area contributed by atoms with Gasteiger partial charge in [0.15, 0.2) is 0 Å². The predicted octanol–water partition coefficient (Wildman–Crippen LogP) is 6.03. The van der Waals surface area contributed by atoms with E-state index in [0.717, 1.165) is 49.7 Å². The molecule has 1 aromatic carbocycles. The van der Waals surface area contributed by atoms with E-state index in [1.807, 2.05) is 13.0 Å². The molecule has 0 aliphatic rings. The van der Waals surface area contributed by atoms with Crippen molar-refractivity contribution in [2.45, 2.75) is 66.2 Å². The maximum atomic E-state index is 12.5. The Bertz CT molecular complexity index is 578. The number of allylic oxidation sites excluding steroid dienone is 1. The summed E-state index contributed by atoms with van der Waals surface area (Å²) in [5, 5.41) is 0. The summed E-state index contributed by atoms with van der Waals surface area (Å²) in [7, 11) is 0. The highest BCUT2D eigenvalue weighted by atomic mass is 16.5. The number of hydrogen-bond acceptors (Lipinski definition) is 4. The van der Waals surface area contributed by atoms with E-state index in [1.165, 1.54) is 0 Å². The van der Waals surface area contributed by atoms with Crippen LogP contribution in [0.5, 0.6) is 11.5 Å². The van der Waals surface area contributed by atoms with Gasteiger partial charge in [0.05, 0.1) is 19.8 Å². The Morgan fingerprint density at radius 2 is 1.35 bits per heavy atom. The van der Waals surface area contributed by atoms with Gasteiger partial charge >= 0.3 is 5.97 Å². The third kappa shape index (κ3) is 7.11. The van der Waals surface area contributed by atoms with Gasteiger partial charge < -0.3 is 14.2 Å². The Hall–Kier alpha value is -1.97. The number of carbonyl (C=O) groups excluding carboxylic acids is 1. The van der Waals surface area contributed by atoms with Crippen LogP contribution in [0.2, 0.25) is 0 Å². The Labute approximate surface area is 158 Å². The van der Waals surface area contributed by atoms with Crippen molar-refractivity contribution in [3.05, 3.63) is 29.8 Å². The number of esters is 1. The van der Waals surface area contributed by atoms with Crippen molar-refractivity contribution in [3.63, 3.8) is 0 Å². The highest BCUT2D eigenvalue weighted by Gasteiger charge is 2.19. The van der Waals surface area contributed by atoms with Gasteiger partial charge in [-0.2, -0.15) is 0 Å². The molecule has 0 amide bonds. The highest BCUT2D eigenvalue weighted by Crippen LogP contribution is 2.34. The van der Waals surface area contributed by atoms with E-state index in [9.17, 15) is 4.79 Å². The minimum atomic E-state index is -0.354. The van der Waals surface area contributed by atoms with E-state index in [2.05, 4.69) is 27.4 Å². The zero-order chi connectivity index (χ0) is 19.4. The molecule has 0 spiro atoms. The number of rotatable bonds is 13. The molecule has 0 unspecified atom stereocenters. The van der Waals surface area contributed by atoms with Gasteiger partial charge in [0.2, 0.25) is 0 Å². The molecule has 0 aromatic heterocycles. The number of unbranched alkanes of at least 4 members (excludes halogenated alkanes) is 3. The molecule has 0 aliphatic carbocycles. The second-order valence-electron chi connectivity index (χ2n) is 6.52. The zero-order valence-corrected chi connectivity index (χ0v) is 16.9. The lowest BCUT2D eigenvalue weighted by atomic mass is 10.0. The zero-order valence-electron chi connectivity index (χ0n) is 16.9. The first-order chi connectivity index (χ1) is 12.5. The Morgan fingerprint density at radius 3 is 1.85 bits per heavy atom. The molecule has 26 heavy (non-hydrogen) atoms. The van der Waals surface area contributed by atoms with Gasteiger partial charge in [-0.3, -0.25) is 0 Å². The summed E-state index contributed by atoms with van der Waals surface area (Å²) in [4.78, 5) is 12.5. The summed E-state index contributed by atoms with van der Waals surface area (Å²) in [6.45, 7) is 13.8. The Morgan fingerprint density at radius 1 is 0.846 bits per heavy atom. The Balaban J connectivity index is 3.14. The summed E-state index contributed by atoms with van der Waals surface area (Å²) >= 11 is 0. The molecule has 1 aromatic rings. The van der Waals surface area contributed by atoms with Crippen LogP contribution < -0.4 is 9.47 Å². The van der Waals surface area contributed by atoms with Crippen LogP contribution in [0.25, 0.3) is 5.57 Å². The Kier molecular flexibility index (Phi) is 10.5. The maximum Gasteiger partial charge on any atom is 0.341 e. The summed E-state index contributed by atoms with van der Waals surface area (Å²) in [6.07, 6.45) is 5.82. The van der Waals surface area contributed by atoms with E-state index in [0.29, 0.717) is 36.9 Å². The van der Waals surface area contributed by atoms with Crippen molar-refractivity contribution < 1.29 is 19.0 Å². The lowest BCUT2D eigenvalue weighted by Crippen LogP contribution is -2.11. The molecule has 0 N–H and O–H groups in total. The minimum absolute atomic E-state index is 0.354. The fourth-order valence-electron chi connectivity index (χ4n) is 2.33. The van der Waals surface area contributed by atoms with Gasteiger partial charge in [0.25, 0.3) is 0 Å². The smallest absolute Gasteiger partial charge is 0.341 e. The molecule has 0 aliphatic heterocycles. The molecule has 146 valence electrons. The van der Waals surface area contributed by atoms with Crippen LogP contribution in [0, 0.1) is 0 Å². The van der Waals surface area contributed by atoms with E-state index >= 15 is 0 Å². The summed E-state index contributed by atoms with van der Waals surface area (Å²) in [6, 6.07) is 3.60. The van der Waals surface area contributed by atoms with Gasteiger partial charge in [-0.05, 0) is 37.8 Å². The van der Waals surface area contributed by atoms with Gasteiger partial charge in [0.1, 0.15) is 17.1 Å². The first kappa shape index (κ1) is 22.1. The average molecular weight is 363 g/mol. The van der Waals surface area contributed by atoms with Crippen LogP contribution in [0.15, 0.2) is 18.7 Å². The second-order valence-corrected chi connectivity index (χ2v) is 6.52. The molecule has 0 fully saturated rings. The van der Waals surface area contributed by atoms with Crippen molar-refractivity contribution in [2.75, 3.05) is 19.8 Å². The average Bonchev–Trinajstić information content (AvgIpc) is 2.62. The molecule has 0 atom stereocenters. The highest BCUT2D eigenvalue weighted by molar-refractivity contribution is 5.94. The third-order valence-electron chi connectivity index (χ3n) is 4.00. The molecule has 0 heterocycles. The summed E-state index contributed by atoms with van der Waals surface area (Å²) in [5.41, 5.74) is 2.11. The van der Waals surface area contributed by atoms with Gasteiger partial charge in [-0.25, -0.2) is 4.79 Å². The minimum Gasteiger partial charge on any atom is -0.493 e. The normalized spacial score (nSPS) is 10.5. The van der Waals surface area contributed by atoms with Crippen LogP contribution in [0.1, 0.15) is 82.1 Å². The van der Waals surface area contributed by atoms with Crippen LogP contribution in [0.3, 0.4) is 0 Å². The monoisotopic (exact) mass is 362 g/mol. The molecular formula is C22H34O4. The molecule has 0 bridgehead atoms. The van der Waals surface area contributed by atoms with E-state index in [4.69, 9.17) is 14.2 Å². The first-order valence-corrected chi connectivity index (χ1v) is 9.81. The van der Waals surface area contributed by atoms with Crippen LogP contribution >= 0.6 is 0 Å². The number of carbonyl (C=O) groups is 1. The number of ether oxygens (including phenoxy) is 3. The molecule has 0 saturated heterocycles. The van der Waals surface area contributed by atoms with Gasteiger partial charge in [-0.1, -0.05) is 46.6 Å². The quantitative estimate of drug-likeness (QED) is 0.317. The molecule has 1 rings (SSSR count). The van der Waals surface area contributed by atoms with E-state index in [1.54, 1.807) is 6.07 Å². The number of benzene rings is 1. The summed E-state index contributed by atoms with van der Waals surface area (Å²) < 4.78 is 17.2. The molecule has 4 nitrogen and oxygen atoms in total. The lowest BCUT2D eigenvalue weighted by Gasteiger charge is -2.17. The van der Waals surface area contributed by atoms with E-state index in [-0.39, 0.29) is 5.97 Å². The molecular weight excluding hydrogens is 328 g/mol. The van der Waals surface area contributed by atoms with Gasteiger partial charge in [-0.15, -0.1) is 0 Å². The molecule has 0 saturated carbocycles.